The number of ether oxygens (including phenoxy) is 2. The van der Waals surface area contributed by atoms with Crippen molar-refractivity contribution in [1.82, 2.24) is 14.5 Å². The molecule has 0 atom stereocenters. The van der Waals surface area contributed by atoms with E-state index in [4.69, 9.17) is 15.2 Å². The lowest BCUT2D eigenvalue weighted by atomic mass is 10.1. The predicted molar refractivity (Wildman–Crippen MR) is 117 cm³/mol. The Balaban J connectivity index is 1.69. The molecule has 0 spiro atoms. The number of aromatic nitrogens is 3. The highest BCUT2D eigenvalue weighted by atomic mass is 19.4. The van der Waals surface area contributed by atoms with Gasteiger partial charge in [-0.25, -0.2) is 9.97 Å². The first-order chi connectivity index (χ1) is 15.6. The Bertz CT molecular complexity index is 1240. The topological polar surface area (TPSA) is 104 Å². The molecule has 1 saturated heterocycles. The number of pyridine rings is 1. The third-order valence-corrected chi connectivity index (χ3v) is 5.41. The first-order valence-electron chi connectivity index (χ1n) is 10.4. The first-order valence-corrected chi connectivity index (χ1v) is 10.4. The Morgan fingerprint density at radius 2 is 1.94 bits per heavy atom. The lowest BCUT2D eigenvalue weighted by molar-refractivity contribution is -0.137. The molecule has 33 heavy (non-hydrogen) atoms. The van der Waals surface area contributed by atoms with Crippen LogP contribution in [0.25, 0.3) is 11.0 Å². The lowest BCUT2D eigenvalue weighted by Crippen LogP contribution is -2.30. The highest BCUT2D eigenvalue weighted by Gasteiger charge is 2.31. The van der Waals surface area contributed by atoms with E-state index < -0.39 is 11.7 Å². The summed E-state index contributed by atoms with van der Waals surface area (Å²) in [7, 11) is 1.59. The fraction of sp³-hybridized carbons (Fsp3) is 0.409. The maximum Gasteiger partial charge on any atom is 0.416 e. The third kappa shape index (κ3) is 5.03. The second kappa shape index (κ2) is 8.89. The van der Waals surface area contributed by atoms with E-state index in [-0.39, 0.29) is 29.6 Å². The average molecular weight is 463 g/mol. The molecule has 3 aromatic rings. The second-order valence-corrected chi connectivity index (χ2v) is 7.97. The number of nitrogens with zero attached hydrogens (tertiary/aromatic N) is 3. The van der Waals surface area contributed by atoms with E-state index in [9.17, 15) is 18.0 Å². The smallest absolute Gasteiger partial charge is 0.416 e. The van der Waals surface area contributed by atoms with Gasteiger partial charge in [0, 0.05) is 38.2 Å². The highest BCUT2D eigenvalue weighted by molar-refractivity contribution is 5.87. The Hall–Kier alpha value is -3.34. The van der Waals surface area contributed by atoms with Gasteiger partial charge in [0.15, 0.2) is 5.75 Å². The SMILES string of the molecule is Cc1nc(NCc2cc(N)cc(C(F)(F)F)c2)c2cc(OC3CCOCC3)c(=O)n(C)c2n1. The second-order valence-electron chi connectivity index (χ2n) is 7.97. The number of hydrogen-bond acceptors (Lipinski definition) is 7. The van der Waals surface area contributed by atoms with Gasteiger partial charge in [0.2, 0.25) is 0 Å². The molecule has 8 nitrogen and oxygen atoms in total. The normalized spacial score (nSPS) is 15.1. The van der Waals surface area contributed by atoms with Crippen LogP contribution in [0.5, 0.6) is 5.75 Å². The van der Waals surface area contributed by atoms with E-state index in [1.165, 1.54) is 10.6 Å². The molecule has 1 aliphatic heterocycles. The summed E-state index contributed by atoms with van der Waals surface area (Å²) < 4.78 is 52.1. The molecule has 11 heteroatoms. The van der Waals surface area contributed by atoms with Crippen LogP contribution in [0.4, 0.5) is 24.7 Å². The molecular weight excluding hydrogens is 439 g/mol. The van der Waals surface area contributed by atoms with Crippen LogP contribution in [-0.2, 0) is 24.5 Å². The summed E-state index contributed by atoms with van der Waals surface area (Å²) in [5, 5.41) is 3.58. The molecule has 0 bridgehead atoms. The average Bonchev–Trinajstić information content (AvgIpc) is 2.76. The van der Waals surface area contributed by atoms with Gasteiger partial charge in [0.1, 0.15) is 23.4 Å². The lowest BCUT2D eigenvalue weighted by Gasteiger charge is -2.23. The monoisotopic (exact) mass is 463 g/mol. The standard InChI is InChI=1S/C22H24F3N5O3/c1-12-28-19(27-11-13-7-14(22(23,24)25)9-15(26)8-13)17-10-18(21(31)30(2)20(17)29-12)33-16-3-5-32-6-4-16/h7-10,16H,3-6,11,26H2,1-2H3,(H,27,28,29). The number of alkyl halides is 3. The minimum Gasteiger partial charge on any atom is -0.484 e. The van der Waals surface area contributed by atoms with Gasteiger partial charge in [-0.1, -0.05) is 0 Å². The van der Waals surface area contributed by atoms with Gasteiger partial charge >= 0.3 is 6.18 Å². The van der Waals surface area contributed by atoms with Crippen LogP contribution < -0.4 is 21.3 Å². The Morgan fingerprint density at radius 1 is 1.21 bits per heavy atom. The first kappa shape index (κ1) is 22.8. The Kier molecular flexibility index (Phi) is 6.15. The predicted octanol–water partition coefficient (Wildman–Crippen LogP) is 3.41. The minimum atomic E-state index is -4.50. The van der Waals surface area contributed by atoms with E-state index in [1.54, 1.807) is 20.0 Å². The van der Waals surface area contributed by atoms with Gasteiger partial charge < -0.3 is 20.5 Å². The molecule has 1 fully saturated rings. The Morgan fingerprint density at radius 3 is 2.64 bits per heavy atom. The molecule has 176 valence electrons. The van der Waals surface area contributed by atoms with Gasteiger partial charge in [-0.05, 0) is 30.7 Å². The minimum absolute atomic E-state index is 0.0138. The van der Waals surface area contributed by atoms with Crippen molar-refractivity contribution in [2.45, 2.75) is 38.6 Å². The van der Waals surface area contributed by atoms with Gasteiger partial charge in [0.25, 0.3) is 5.56 Å². The molecule has 1 aromatic carbocycles. The molecule has 4 rings (SSSR count). The molecule has 0 radical (unpaired) electrons. The molecule has 0 unspecified atom stereocenters. The summed E-state index contributed by atoms with van der Waals surface area (Å²) >= 11 is 0. The van der Waals surface area contributed by atoms with Crippen molar-refractivity contribution in [3.63, 3.8) is 0 Å². The van der Waals surface area contributed by atoms with Crippen molar-refractivity contribution >= 4 is 22.5 Å². The van der Waals surface area contributed by atoms with E-state index in [0.717, 1.165) is 12.1 Å². The maximum atomic E-state index is 13.1. The van der Waals surface area contributed by atoms with Crippen LogP contribution in [0.1, 0.15) is 29.8 Å². The molecule has 1 aliphatic rings. The molecule has 0 saturated carbocycles. The Labute approximate surface area is 187 Å². The molecule has 2 aromatic heterocycles. The summed E-state index contributed by atoms with van der Waals surface area (Å²) in [6.07, 6.45) is -3.29. The fourth-order valence-electron chi connectivity index (χ4n) is 3.77. The van der Waals surface area contributed by atoms with Crippen LogP contribution >= 0.6 is 0 Å². The van der Waals surface area contributed by atoms with Crippen molar-refractivity contribution in [2.75, 3.05) is 24.3 Å². The fourth-order valence-corrected chi connectivity index (χ4v) is 3.77. The van der Waals surface area contributed by atoms with Crippen LogP contribution in [0.3, 0.4) is 0 Å². The van der Waals surface area contributed by atoms with E-state index in [2.05, 4.69) is 15.3 Å². The largest absolute Gasteiger partial charge is 0.484 e. The zero-order valence-corrected chi connectivity index (χ0v) is 18.2. The number of benzene rings is 1. The van der Waals surface area contributed by atoms with Crippen LogP contribution in [0, 0.1) is 6.92 Å². The molecule has 3 N–H and O–H groups in total. The summed E-state index contributed by atoms with van der Waals surface area (Å²) in [5.74, 6) is 0.943. The number of nitrogens with one attached hydrogen (secondary N) is 1. The number of nitrogens with two attached hydrogens (primary N) is 1. The van der Waals surface area contributed by atoms with E-state index in [1.807, 2.05) is 0 Å². The summed E-state index contributed by atoms with van der Waals surface area (Å²) in [6, 6.07) is 4.97. The zero-order chi connectivity index (χ0) is 23.8. The maximum absolute atomic E-state index is 13.1. The number of aryl methyl sites for hydroxylation is 2. The number of halogens is 3. The third-order valence-electron chi connectivity index (χ3n) is 5.41. The van der Waals surface area contributed by atoms with Crippen molar-refractivity contribution in [3.8, 4) is 5.75 Å². The molecule has 0 amide bonds. The zero-order valence-electron chi connectivity index (χ0n) is 18.2. The number of rotatable bonds is 5. The van der Waals surface area contributed by atoms with Crippen LogP contribution in [0.2, 0.25) is 0 Å². The van der Waals surface area contributed by atoms with Gasteiger partial charge in [-0.2, -0.15) is 13.2 Å². The molecule has 3 heterocycles. The number of fused-ring (bicyclic) bond motifs is 1. The number of nitrogen functional groups attached to an aromatic ring is 1. The summed E-state index contributed by atoms with van der Waals surface area (Å²) in [6.45, 7) is 2.84. The number of hydrogen-bond donors (Lipinski definition) is 2. The quantitative estimate of drug-likeness (QED) is 0.559. The van der Waals surface area contributed by atoms with Crippen molar-refractivity contribution in [3.05, 3.63) is 51.6 Å². The van der Waals surface area contributed by atoms with Gasteiger partial charge in [-0.15, -0.1) is 0 Å². The van der Waals surface area contributed by atoms with E-state index >= 15 is 0 Å². The van der Waals surface area contributed by atoms with Crippen molar-refractivity contribution < 1.29 is 22.6 Å². The molecular formula is C22H24F3N5O3. The van der Waals surface area contributed by atoms with E-state index in [0.29, 0.717) is 54.3 Å². The summed E-state index contributed by atoms with van der Waals surface area (Å²) in [5.41, 5.74) is 5.26. The summed E-state index contributed by atoms with van der Waals surface area (Å²) in [4.78, 5) is 21.6. The van der Waals surface area contributed by atoms with Crippen LogP contribution in [0.15, 0.2) is 29.1 Å². The number of anilines is 2. The van der Waals surface area contributed by atoms with Crippen LogP contribution in [-0.4, -0.2) is 33.9 Å². The molecule has 0 aliphatic carbocycles. The van der Waals surface area contributed by atoms with Crippen molar-refractivity contribution in [1.29, 1.82) is 0 Å². The van der Waals surface area contributed by atoms with Gasteiger partial charge in [0.05, 0.1) is 24.2 Å². The van der Waals surface area contributed by atoms with Gasteiger partial charge in [-0.3, -0.25) is 9.36 Å². The highest BCUT2D eigenvalue weighted by Crippen LogP contribution is 2.32. The van der Waals surface area contributed by atoms with Crippen molar-refractivity contribution in [2.24, 2.45) is 7.05 Å².